The van der Waals surface area contributed by atoms with Crippen LogP contribution in [0, 0.1) is 0 Å². The van der Waals surface area contributed by atoms with Gasteiger partial charge in [-0.25, -0.2) is 0 Å². The Bertz CT molecular complexity index is 335. The number of rotatable bonds is 3. The molecule has 1 heterocycles. The highest BCUT2D eigenvalue weighted by molar-refractivity contribution is 7.12. The van der Waals surface area contributed by atoms with Crippen LogP contribution in [-0.4, -0.2) is 18.5 Å². The van der Waals surface area contributed by atoms with E-state index in [4.69, 9.17) is 4.74 Å². The van der Waals surface area contributed by atoms with E-state index in [-0.39, 0.29) is 5.78 Å². The van der Waals surface area contributed by atoms with Gasteiger partial charge < -0.3 is 4.74 Å². The largest absolute Gasteiger partial charge is 0.370 e. The average Bonchev–Trinajstić information content (AvgIpc) is 2.73. The maximum Gasteiger partial charge on any atom is 0.204 e. The van der Waals surface area contributed by atoms with Gasteiger partial charge in [-0.3, -0.25) is 4.79 Å². The molecule has 0 N–H and O–H groups in total. The van der Waals surface area contributed by atoms with E-state index in [1.165, 1.54) is 24.2 Å². The fourth-order valence-corrected chi connectivity index (χ4v) is 3.21. The first kappa shape index (κ1) is 11.8. The highest BCUT2D eigenvalue weighted by Gasteiger charge is 2.39. The van der Waals surface area contributed by atoms with Gasteiger partial charge in [0.1, 0.15) is 5.60 Å². The molecule has 1 saturated carbocycles. The third-order valence-corrected chi connectivity index (χ3v) is 4.33. The van der Waals surface area contributed by atoms with E-state index >= 15 is 0 Å². The van der Waals surface area contributed by atoms with Crippen LogP contribution in [0.4, 0.5) is 0 Å². The molecule has 16 heavy (non-hydrogen) atoms. The highest BCUT2D eigenvalue weighted by Crippen LogP contribution is 2.34. The van der Waals surface area contributed by atoms with Crippen LogP contribution in [0.1, 0.15) is 48.2 Å². The second kappa shape index (κ2) is 5.11. The van der Waals surface area contributed by atoms with Gasteiger partial charge in [0, 0.05) is 7.11 Å². The van der Waals surface area contributed by atoms with Gasteiger partial charge in [-0.2, -0.15) is 0 Å². The van der Waals surface area contributed by atoms with Gasteiger partial charge >= 0.3 is 0 Å². The smallest absolute Gasteiger partial charge is 0.204 e. The number of ether oxygens (including phenoxy) is 1. The molecule has 0 saturated heterocycles. The van der Waals surface area contributed by atoms with Crippen molar-refractivity contribution in [1.82, 2.24) is 0 Å². The second-order valence-corrected chi connectivity index (χ2v) is 5.37. The summed E-state index contributed by atoms with van der Waals surface area (Å²) in [5, 5.41) is 1.95. The molecule has 0 aromatic carbocycles. The molecule has 1 aliphatic carbocycles. The molecule has 0 radical (unpaired) electrons. The number of thiophene rings is 1. The fraction of sp³-hybridized carbons (Fsp3) is 0.615. The van der Waals surface area contributed by atoms with Crippen LogP contribution in [0.15, 0.2) is 17.5 Å². The number of hydrogen-bond donors (Lipinski definition) is 0. The van der Waals surface area contributed by atoms with Crippen LogP contribution in [0.3, 0.4) is 0 Å². The molecule has 0 bridgehead atoms. The highest BCUT2D eigenvalue weighted by atomic mass is 32.1. The molecule has 2 rings (SSSR count). The molecule has 3 heteroatoms. The number of carbonyl (C=O) groups excluding carboxylic acids is 1. The Kier molecular flexibility index (Phi) is 3.77. The number of hydrogen-bond acceptors (Lipinski definition) is 3. The van der Waals surface area contributed by atoms with Crippen molar-refractivity contribution >= 4 is 17.1 Å². The first-order valence-electron chi connectivity index (χ1n) is 5.92. The Morgan fingerprint density at radius 2 is 2.00 bits per heavy atom. The molecule has 1 aromatic rings. The number of methoxy groups -OCH3 is 1. The van der Waals surface area contributed by atoms with Gasteiger partial charge in [-0.15, -0.1) is 11.3 Å². The molecule has 1 fully saturated rings. The Morgan fingerprint density at radius 1 is 1.31 bits per heavy atom. The van der Waals surface area contributed by atoms with E-state index in [1.807, 2.05) is 17.5 Å². The summed E-state index contributed by atoms with van der Waals surface area (Å²) in [5.41, 5.74) is -0.540. The molecule has 0 amide bonds. The normalized spacial score (nSPS) is 20.3. The lowest BCUT2D eigenvalue weighted by Crippen LogP contribution is -2.39. The van der Waals surface area contributed by atoms with Crippen LogP contribution in [0.5, 0.6) is 0 Å². The fourth-order valence-electron chi connectivity index (χ4n) is 2.46. The van der Waals surface area contributed by atoms with E-state index in [9.17, 15) is 4.79 Å². The van der Waals surface area contributed by atoms with Gasteiger partial charge in [-0.05, 0) is 24.3 Å². The summed E-state index contributed by atoms with van der Waals surface area (Å²) < 4.78 is 5.60. The van der Waals surface area contributed by atoms with E-state index in [1.54, 1.807) is 7.11 Å². The first-order chi connectivity index (χ1) is 7.78. The van der Waals surface area contributed by atoms with Crippen LogP contribution in [0.25, 0.3) is 0 Å². The van der Waals surface area contributed by atoms with Crippen molar-refractivity contribution in [3.05, 3.63) is 22.4 Å². The Balaban J connectivity index is 2.22. The second-order valence-electron chi connectivity index (χ2n) is 4.42. The summed E-state index contributed by atoms with van der Waals surface area (Å²) in [7, 11) is 1.68. The van der Waals surface area contributed by atoms with Crippen molar-refractivity contribution in [2.45, 2.75) is 44.1 Å². The number of ketones is 1. The third-order valence-electron chi connectivity index (χ3n) is 3.46. The lowest BCUT2D eigenvalue weighted by molar-refractivity contribution is -0.00658. The molecule has 0 unspecified atom stereocenters. The van der Waals surface area contributed by atoms with Crippen LogP contribution in [-0.2, 0) is 4.74 Å². The minimum atomic E-state index is -0.540. The monoisotopic (exact) mass is 238 g/mol. The van der Waals surface area contributed by atoms with Crippen molar-refractivity contribution in [1.29, 1.82) is 0 Å². The summed E-state index contributed by atoms with van der Waals surface area (Å²) in [6.07, 6.45) is 6.40. The van der Waals surface area contributed by atoms with Gasteiger partial charge in [0.25, 0.3) is 0 Å². The van der Waals surface area contributed by atoms with E-state index < -0.39 is 5.60 Å². The minimum absolute atomic E-state index is 0.187. The van der Waals surface area contributed by atoms with Crippen molar-refractivity contribution in [2.75, 3.05) is 7.11 Å². The maximum absolute atomic E-state index is 12.5. The van der Waals surface area contributed by atoms with Gasteiger partial charge in [0.2, 0.25) is 5.78 Å². The first-order valence-corrected chi connectivity index (χ1v) is 6.80. The van der Waals surface area contributed by atoms with Crippen molar-refractivity contribution in [3.8, 4) is 0 Å². The predicted octanol–water partition coefficient (Wildman–Crippen LogP) is 3.67. The topological polar surface area (TPSA) is 26.3 Å². The minimum Gasteiger partial charge on any atom is -0.370 e. The molecule has 1 aromatic heterocycles. The number of carbonyl (C=O) groups is 1. The molecular formula is C13H18O2S. The predicted molar refractivity (Wildman–Crippen MR) is 66.1 cm³/mol. The lowest BCUT2D eigenvalue weighted by atomic mass is 9.88. The van der Waals surface area contributed by atoms with Gasteiger partial charge in [-0.1, -0.05) is 31.7 Å². The Hall–Kier alpha value is -0.670. The van der Waals surface area contributed by atoms with Crippen molar-refractivity contribution in [2.24, 2.45) is 0 Å². The average molecular weight is 238 g/mol. The van der Waals surface area contributed by atoms with Gasteiger partial charge in [0.15, 0.2) is 0 Å². The van der Waals surface area contributed by atoms with E-state index in [0.29, 0.717) is 0 Å². The quantitative estimate of drug-likeness (QED) is 0.593. The van der Waals surface area contributed by atoms with Crippen molar-refractivity contribution in [3.63, 3.8) is 0 Å². The number of Topliss-reactive ketones (excluding diaryl/α,β-unsaturated/α-hetero) is 1. The Labute approximate surface area is 101 Å². The van der Waals surface area contributed by atoms with Crippen LogP contribution < -0.4 is 0 Å². The molecule has 0 atom stereocenters. The standard InChI is InChI=1S/C13H18O2S/c1-15-13(8-4-2-3-5-9-13)12(14)11-7-6-10-16-11/h6-7,10H,2-5,8-9H2,1H3. The molecule has 2 nitrogen and oxygen atoms in total. The summed E-state index contributed by atoms with van der Waals surface area (Å²) in [5.74, 6) is 0.187. The summed E-state index contributed by atoms with van der Waals surface area (Å²) in [6, 6.07) is 3.83. The summed E-state index contributed by atoms with van der Waals surface area (Å²) in [6.45, 7) is 0. The van der Waals surface area contributed by atoms with E-state index in [0.717, 1.165) is 30.6 Å². The van der Waals surface area contributed by atoms with Crippen molar-refractivity contribution < 1.29 is 9.53 Å². The molecule has 0 spiro atoms. The summed E-state index contributed by atoms with van der Waals surface area (Å²) in [4.78, 5) is 13.3. The zero-order valence-corrected chi connectivity index (χ0v) is 10.5. The molecule has 88 valence electrons. The zero-order valence-electron chi connectivity index (χ0n) is 9.70. The zero-order chi connectivity index (χ0) is 11.4. The molecule has 0 aliphatic heterocycles. The molecule has 1 aliphatic rings. The van der Waals surface area contributed by atoms with Gasteiger partial charge in [0.05, 0.1) is 4.88 Å². The van der Waals surface area contributed by atoms with Crippen LogP contribution >= 0.6 is 11.3 Å². The third kappa shape index (κ3) is 2.20. The SMILES string of the molecule is COC1(C(=O)c2cccs2)CCCCCC1. The van der Waals surface area contributed by atoms with Crippen LogP contribution in [0.2, 0.25) is 0 Å². The van der Waals surface area contributed by atoms with E-state index in [2.05, 4.69) is 0 Å². The molecular weight excluding hydrogens is 220 g/mol. The summed E-state index contributed by atoms with van der Waals surface area (Å²) >= 11 is 1.52. The Morgan fingerprint density at radius 3 is 2.50 bits per heavy atom. The lowest BCUT2D eigenvalue weighted by Gasteiger charge is -2.29. The maximum atomic E-state index is 12.5.